The third-order valence-corrected chi connectivity index (χ3v) is 5.19. The molecule has 174 valence electrons. The Hall–Kier alpha value is -0.908. The molecule has 0 saturated carbocycles. The van der Waals surface area contributed by atoms with E-state index >= 15 is 0 Å². The Morgan fingerprint density at radius 2 is 1.32 bits per heavy atom. The third-order valence-electron chi connectivity index (χ3n) is 5.19. The van der Waals surface area contributed by atoms with Crippen molar-refractivity contribution in [1.29, 1.82) is 0 Å². The van der Waals surface area contributed by atoms with Crippen LogP contribution in [0.15, 0.2) is 24.3 Å². The number of rotatable bonds is 3. The van der Waals surface area contributed by atoms with E-state index < -0.39 is 0 Å². The van der Waals surface area contributed by atoms with Crippen LogP contribution in [0.5, 0.6) is 0 Å². The predicted molar refractivity (Wildman–Crippen MR) is 130 cm³/mol. The van der Waals surface area contributed by atoms with Crippen molar-refractivity contribution in [2.24, 2.45) is 0 Å². The summed E-state index contributed by atoms with van der Waals surface area (Å²) in [5, 5.41) is 0. The molecule has 0 bridgehead atoms. The molecule has 0 atom stereocenters. The van der Waals surface area contributed by atoms with Crippen LogP contribution in [-0.4, -0.2) is 31.2 Å². The zero-order valence-electron chi connectivity index (χ0n) is 19.3. The third kappa shape index (κ3) is 10.1. The molecule has 0 radical (unpaired) electrons. The van der Waals surface area contributed by atoms with Gasteiger partial charge in [0.15, 0.2) is 5.69 Å². The van der Waals surface area contributed by atoms with Gasteiger partial charge < -0.3 is 9.64 Å². The molecule has 0 unspecified atom stereocenters. The molecule has 1 saturated heterocycles. The number of halogens is 2. The second-order valence-corrected chi connectivity index (χ2v) is 10.2. The van der Waals surface area contributed by atoms with Crippen LogP contribution < -0.4 is 0 Å². The number of ether oxygens (including phenoxy) is 1. The van der Waals surface area contributed by atoms with Gasteiger partial charge >= 0.3 is 35.0 Å². The van der Waals surface area contributed by atoms with Crippen molar-refractivity contribution in [3.63, 3.8) is 0 Å². The van der Waals surface area contributed by atoms with E-state index in [1.54, 1.807) is 0 Å². The minimum absolute atomic E-state index is 0.106. The molecule has 1 aliphatic rings. The number of aryl methyl sites for hydroxylation is 6. The monoisotopic (exact) mass is 553 g/mol. The van der Waals surface area contributed by atoms with Gasteiger partial charge in [0.25, 0.3) is 0 Å². The van der Waals surface area contributed by atoms with Gasteiger partial charge in [-0.1, -0.05) is 41.0 Å². The zero-order chi connectivity index (χ0) is 23.4. The van der Waals surface area contributed by atoms with E-state index in [0.29, 0.717) is 0 Å². The molecule has 2 aromatic carbocycles. The van der Waals surface area contributed by atoms with E-state index in [2.05, 4.69) is 49.2 Å². The first-order chi connectivity index (χ1) is 14.7. The maximum absolute atomic E-state index is 6.92. The van der Waals surface area contributed by atoms with Crippen molar-refractivity contribution >= 4 is 24.7 Å². The van der Waals surface area contributed by atoms with Crippen molar-refractivity contribution in [2.75, 3.05) is 26.3 Å². The van der Waals surface area contributed by atoms with E-state index in [-0.39, 0.29) is 15.9 Å². The number of hydrogen-bond acceptors (Lipinski definition) is 2. The Bertz CT molecular complexity index is 828. The first kappa shape index (κ1) is 28.1. The summed E-state index contributed by atoms with van der Waals surface area (Å²) in [6.07, 6.45) is 1.04. The van der Waals surface area contributed by atoms with Crippen LogP contribution in [-0.2, 0) is 27.1 Å². The van der Waals surface area contributed by atoms with Gasteiger partial charge in [-0.25, -0.2) is 4.85 Å². The average Bonchev–Trinajstić information content (AvgIpc) is 2.69. The molecule has 31 heavy (non-hydrogen) atoms. The summed E-state index contributed by atoms with van der Waals surface area (Å²) in [6.45, 7) is 25.6. The summed E-state index contributed by atoms with van der Waals surface area (Å²) in [4.78, 5) is 5.84. The topological polar surface area (TPSA) is 16.8 Å². The molecule has 1 heterocycles. The SMILES string of the molecule is Cc1cc(C)c(C[CH-]N2CCOCC2)c(C)c1.[C-]#[N+]c1c(C)cc(C)cc1C.[Cl][Pd][Cl]. The first-order valence-electron chi connectivity index (χ1n) is 10.2. The quantitative estimate of drug-likeness (QED) is 0.295. The zero-order valence-corrected chi connectivity index (χ0v) is 22.4. The summed E-state index contributed by atoms with van der Waals surface area (Å²) in [5.41, 5.74) is 9.84. The molecule has 0 aliphatic carbocycles. The summed E-state index contributed by atoms with van der Waals surface area (Å²) < 4.78 is 5.35. The molecule has 1 fully saturated rings. The predicted octanol–water partition coefficient (Wildman–Crippen LogP) is 7.19. The molecule has 0 amide bonds. The first-order valence-corrected chi connectivity index (χ1v) is 14.2. The van der Waals surface area contributed by atoms with Crippen LogP contribution in [0.25, 0.3) is 4.85 Å². The molecule has 2 aromatic rings. The molecular formula is C25H33Cl2N2OPd-. The number of benzene rings is 2. The van der Waals surface area contributed by atoms with E-state index in [4.69, 9.17) is 30.4 Å². The molecule has 0 spiro atoms. The second kappa shape index (κ2) is 15.0. The van der Waals surface area contributed by atoms with Crippen molar-refractivity contribution in [3.8, 4) is 0 Å². The normalized spacial score (nSPS) is 13.5. The van der Waals surface area contributed by atoms with Crippen molar-refractivity contribution in [2.45, 2.75) is 48.0 Å². The van der Waals surface area contributed by atoms with Crippen LogP contribution in [0.4, 0.5) is 5.69 Å². The average molecular weight is 555 g/mol. The number of nitrogens with zero attached hydrogens (tertiary/aromatic N) is 2. The summed E-state index contributed by atoms with van der Waals surface area (Å²) >= 11 is -0.106. The van der Waals surface area contributed by atoms with E-state index in [9.17, 15) is 0 Å². The minimum atomic E-state index is -0.106. The number of morpholine rings is 1. The van der Waals surface area contributed by atoms with Crippen LogP contribution in [0.2, 0.25) is 0 Å². The van der Waals surface area contributed by atoms with Crippen molar-refractivity contribution in [1.82, 2.24) is 4.90 Å². The Kier molecular flexibility index (Phi) is 13.6. The maximum atomic E-state index is 6.92. The van der Waals surface area contributed by atoms with Crippen molar-refractivity contribution in [3.05, 3.63) is 81.2 Å². The van der Waals surface area contributed by atoms with E-state index in [0.717, 1.165) is 49.5 Å². The van der Waals surface area contributed by atoms with Gasteiger partial charge in [0.1, 0.15) is 0 Å². The molecule has 0 aromatic heterocycles. The fourth-order valence-electron chi connectivity index (χ4n) is 3.86. The number of hydrogen-bond donors (Lipinski definition) is 0. The van der Waals surface area contributed by atoms with Crippen LogP contribution in [0.1, 0.15) is 38.9 Å². The molecule has 6 heteroatoms. The van der Waals surface area contributed by atoms with Gasteiger partial charge in [0.2, 0.25) is 0 Å². The van der Waals surface area contributed by atoms with Gasteiger partial charge in [-0.3, -0.25) is 6.54 Å². The molecule has 3 nitrogen and oxygen atoms in total. The Balaban J connectivity index is 0.000000296. The fraction of sp³-hybridized carbons (Fsp3) is 0.440. The molecule has 1 aliphatic heterocycles. The van der Waals surface area contributed by atoms with Gasteiger partial charge in [-0.05, 0) is 76.9 Å². The van der Waals surface area contributed by atoms with Crippen LogP contribution >= 0.6 is 19.1 Å². The van der Waals surface area contributed by atoms with Gasteiger partial charge in [0, 0.05) is 0 Å². The van der Waals surface area contributed by atoms with Crippen LogP contribution in [0.3, 0.4) is 0 Å². The van der Waals surface area contributed by atoms with Gasteiger partial charge in [-0.15, -0.1) is 6.42 Å². The van der Waals surface area contributed by atoms with E-state index in [1.807, 2.05) is 32.9 Å². The Morgan fingerprint density at radius 3 is 1.74 bits per heavy atom. The summed E-state index contributed by atoms with van der Waals surface area (Å²) in [6, 6.07) is 8.63. The Morgan fingerprint density at radius 1 is 0.903 bits per heavy atom. The summed E-state index contributed by atoms with van der Waals surface area (Å²) in [7, 11) is 9.63. The molecule has 0 N–H and O–H groups in total. The van der Waals surface area contributed by atoms with Crippen LogP contribution in [0, 0.1) is 54.7 Å². The van der Waals surface area contributed by atoms with E-state index in [1.165, 1.54) is 27.8 Å². The fourth-order valence-corrected chi connectivity index (χ4v) is 3.86. The molecule has 3 rings (SSSR count). The Labute approximate surface area is 205 Å². The standard InChI is InChI=1S/C15H22NO.C10H11N.2ClH.Pd/c1-12-10-13(2)15(14(3)11-12)4-5-16-6-8-17-9-7-16;1-7-5-8(2)10(11-4)9(3)6-7;;;/h5,10-11H,4,6-9H2,1-3H3;5-6H,1-3H3;2*1H;/q-1;;;;+2/p-2. The van der Waals surface area contributed by atoms with Crippen molar-refractivity contribution < 1.29 is 20.7 Å². The van der Waals surface area contributed by atoms with Gasteiger partial charge in [-0.2, -0.15) is 0 Å². The van der Waals surface area contributed by atoms with Gasteiger partial charge in [0.05, 0.1) is 19.8 Å². The summed E-state index contributed by atoms with van der Waals surface area (Å²) in [5.74, 6) is 0. The second-order valence-electron chi connectivity index (χ2n) is 7.82. The molecular weight excluding hydrogens is 522 g/mol.